The van der Waals surface area contributed by atoms with Crippen molar-refractivity contribution in [3.63, 3.8) is 0 Å². The summed E-state index contributed by atoms with van der Waals surface area (Å²) < 4.78 is 5.38. The van der Waals surface area contributed by atoms with Gasteiger partial charge in [0.25, 0.3) is 0 Å². The average Bonchev–Trinajstić information content (AvgIpc) is 2.73. The Kier molecular flexibility index (Phi) is 7.25. The predicted octanol–water partition coefficient (Wildman–Crippen LogP) is 3.03. The second kappa shape index (κ2) is 10.1. The molecule has 3 rings (SSSR count). The molecule has 1 heterocycles. The predicted molar refractivity (Wildman–Crippen MR) is 110 cm³/mol. The summed E-state index contributed by atoms with van der Waals surface area (Å²) in [6.45, 7) is 7.96. The number of carbonyl (C=O) groups excluding carboxylic acids is 1. The monoisotopic (exact) mass is 367 g/mol. The van der Waals surface area contributed by atoms with Crippen LogP contribution in [-0.2, 0) is 16.0 Å². The zero-order valence-corrected chi connectivity index (χ0v) is 16.1. The maximum Gasteiger partial charge on any atom is 0.243 e. The minimum atomic E-state index is 0.00164. The van der Waals surface area contributed by atoms with Crippen LogP contribution in [0.5, 0.6) is 0 Å². The van der Waals surface area contributed by atoms with Crippen molar-refractivity contribution in [3.8, 4) is 0 Å². The Morgan fingerprint density at radius 1 is 1.07 bits per heavy atom. The lowest BCUT2D eigenvalue weighted by molar-refractivity contribution is -0.115. The van der Waals surface area contributed by atoms with Crippen LogP contribution in [0.1, 0.15) is 12.5 Å². The molecule has 27 heavy (non-hydrogen) atoms. The molecule has 0 bridgehead atoms. The maximum absolute atomic E-state index is 12.4. The highest BCUT2D eigenvalue weighted by atomic mass is 16.5. The summed E-state index contributed by atoms with van der Waals surface area (Å²) >= 11 is 0. The van der Waals surface area contributed by atoms with E-state index in [-0.39, 0.29) is 5.91 Å². The Bertz CT molecular complexity index is 697. The van der Waals surface area contributed by atoms with E-state index in [9.17, 15) is 4.79 Å². The van der Waals surface area contributed by atoms with Gasteiger partial charge in [0.15, 0.2) is 0 Å². The third-order valence-corrected chi connectivity index (χ3v) is 4.90. The Morgan fingerprint density at radius 2 is 1.78 bits per heavy atom. The van der Waals surface area contributed by atoms with Crippen molar-refractivity contribution in [2.24, 2.45) is 0 Å². The topological polar surface area (TPSA) is 44.8 Å². The Labute approximate surface area is 161 Å². The van der Waals surface area contributed by atoms with Gasteiger partial charge in [0.1, 0.15) is 0 Å². The number of para-hydroxylation sites is 1. The first-order valence-corrected chi connectivity index (χ1v) is 9.73. The third-order valence-electron chi connectivity index (χ3n) is 4.90. The second-order valence-electron chi connectivity index (χ2n) is 6.80. The number of nitrogens with one attached hydrogen (secondary N) is 1. The second-order valence-corrected chi connectivity index (χ2v) is 6.80. The molecule has 0 saturated carbocycles. The van der Waals surface area contributed by atoms with Gasteiger partial charge in [0.2, 0.25) is 5.91 Å². The van der Waals surface area contributed by atoms with E-state index in [1.807, 2.05) is 42.5 Å². The summed E-state index contributed by atoms with van der Waals surface area (Å²) in [5, 5.41) is 3.00. The summed E-state index contributed by atoms with van der Waals surface area (Å²) in [6.07, 6.45) is 1.02. The van der Waals surface area contributed by atoms with Gasteiger partial charge in [0, 0.05) is 37.6 Å². The number of carbonyl (C=O) groups is 1. The first-order chi connectivity index (χ1) is 13.2. The van der Waals surface area contributed by atoms with Crippen LogP contribution in [0.25, 0.3) is 0 Å². The summed E-state index contributed by atoms with van der Waals surface area (Å²) in [5.74, 6) is 0.00164. The summed E-state index contributed by atoms with van der Waals surface area (Å²) in [5.41, 5.74) is 3.20. The van der Waals surface area contributed by atoms with Crippen LogP contribution in [0.15, 0.2) is 54.6 Å². The van der Waals surface area contributed by atoms with E-state index in [2.05, 4.69) is 34.2 Å². The zero-order chi connectivity index (χ0) is 18.9. The van der Waals surface area contributed by atoms with Crippen LogP contribution < -0.4 is 10.2 Å². The standard InChI is InChI=1S/C22H29N3O2/c1-2-25(21-6-4-3-5-7-21)18-22(26)23-20-10-8-19(9-11-20)12-13-24-14-16-27-17-15-24/h3-11H,2,12-18H2,1H3,(H,23,26). The van der Waals surface area contributed by atoms with Gasteiger partial charge in [-0.3, -0.25) is 9.69 Å². The van der Waals surface area contributed by atoms with Crippen molar-refractivity contribution in [1.82, 2.24) is 4.90 Å². The molecule has 2 aromatic carbocycles. The molecular formula is C22H29N3O2. The molecular weight excluding hydrogens is 338 g/mol. The molecule has 0 unspecified atom stereocenters. The fourth-order valence-corrected chi connectivity index (χ4v) is 3.27. The quantitative estimate of drug-likeness (QED) is 0.779. The molecule has 1 amide bonds. The molecule has 5 nitrogen and oxygen atoms in total. The molecule has 0 aromatic heterocycles. The maximum atomic E-state index is 12.4. The molecule has 1 saturated heterocycles. The number of rotatable bonds is 8. The molecule has 1 aliphatic heterocycles. The Morgan fingerprint density at radius 3 is 2.44 bits per heavy atom. The van der Waals surface area contributed by atoms with E-state index in [0.717, 1.165) is 57.2 Å². The van der Waals surface area contributed by atoms with Gasteiger partial charge in [0.05, 0.1) is 19.8 Å². The number of hydrogen-bond donors (Lipinski definition) is 1. The van der Waals surface area contributed by atoms with Crippen LogP contribution in [0, 0.1) is 0 Å². The van der Waals surface area contributed by atoms with Gasteiger partial charge >= 0.3 is 0 Å². The number of likely N-dealkylation sites (N-methyl/N-ethyl adjacent to an activating group) is 1. The first-order valence-electron chi connectivity index (χ1n) is 9.73. The van der Waals surface area contributed by atoms with Gasteiger partial charge < -0.3 is 15.0 Å². The number of ether oxygens (including phenoxy) is 1. The average molecular weight is 367 g/mol. The fourth-order valence-electron chi connectivity index (χ4n) is 3.27. The number of hydrogen-bond acceptors (Lipinski definition) is 4. The van der Waals surface area contributed by atoms with Crippen LogP contribution >= 0.6 is 0 Å². The van der Waals surface area contributed by atoms with Crippen molar-refractivity contribution >= 4 is 17.3 Å². The van der Waals surface area contributed by atoms with Crippen molar-refractivity contribution in [1.29, 1.82) is 0 Å². The van der Waals surface area contributed by atoms with Crippen LogP contribution in [-0.4, -0.2) is 56.7 Å². The summed E-state index contributed by atoms with van der Waals surface area (Å²) in [6, 6.07) is 18.2. The van der Waals surface area contributed by atoms with Gasteiger partial charge in [-0.2, -0.15) is 0 Å². The minimum absolute atomic E-state index is 0.00164. The van der Waals surface area contributed by atoms with E-state index in [4.69, 9.17) is 4.74 Å². The van der Waals surface area contributed by atoms with Gasteiger partial charge in [-0.25, -0.2) is 0 Å². The van der Waals surface area contributed by atoms with E-state index in [1.54, 1.807) is 0 Å². The van der Waals surface area contributed by atoms with E-state index < -0.39 is 0 Å². The molecule has 2 aromatic rings. The number of anilines is 2. The molecule has 0 spiro atoms. The number of morpholine rings is 1. The third kappa shape index (κ3) is 6.08. The molecule has 5 heteroatoms. The molecule has 0 radical (unpaired) electrons. The molecule has 1 aliphatic rings. The molecule has 144 valence electrons. The molecule has 0 aliphatic carbocycles. The molecule has 0 atom stereocenters. The van der Waals surface area contributed by atoms with Crippen LogP contribution in [0.2, 0.25) is 0 Å². The number of nitrogens with zero attached hydrogens (tertiary/aromatic N) is 2. The number of benzene rings is 2. The SMILES string of the molecule is CCN(CC(=O)Nc1ccc(CCN2CCOCC2)cc1)c1ccccc1. The number of amides is 1. The van der Waals surface area contributed by atoms with E-state index >= 15 is 0 Å². The van der Waals surface area contributed by atoms with Gasteiger partial charge in [-0.15, -0.1) is 0 Å². The van der Waals surface area contributed by atoms with Crippen molar-refractivity contribution in [2.45, 2.75) is 13.3 Å². The normalized spacial score (nSPS) is 14.7. The highest BCUT2D eigenvalue weighted by Gasteiger charge is 2.11. The van der Waals surface area contributed by atoms with Crippen molar-refractivity contribution in [2.75, 3.05) is 56.2 Å². The zero-order valence-electron chi connectivity index (χ0n) is 16.1. The van der Waals surface area contributed by atoms with E-state index in [1.165, 1.54) is 5.56 Å². The van der Waals surface area contributed by atoms with Gasteiger partial charge in [-0.05, 0) is 43.2 Å². The van der Waals surface area contributed by atoms with Crippen molar-refractivity contribution < 1.29 is 9.53 Å². The summed E-state index contributed by atoms with van der Waals surface area (Å²) in [7, 11) is 0. The first kappa shape index (κ1) is 19.4. The fraction of sp³-hybridized carbons (Fsp3) is 0.409. The van der Waals surface area contributed by atoms with Gasteiger partial charge in [-0.1, -0.05) is 30.3 Å². The lowest BCUT2D eigenvalue weighted by atomic mass is 10.1. The molecule has 1 N–H and O–H groups in total. The highest BCUT2D eigenvalue weighted by molar-refractivity contribution is 5.94. The highest BCUT2D eigenvalue weighted by Crippen LogP contribution is 2.14. The Hall–Kier alpha value is -2.37. The lowest BCUT2D eigenvalue weighted by Crippen LogP contribution is -2.37. The van der Waals surface area contributed by atoms with E-state index in [0.29, 0.717) is 6.54 Å². The van der Waals surface area contributed by atoms with Crippen LogP contribution in [0.4, 0.5) is 11.4 Å². The molecule has 1 fully saturated rings. The van der Waals surface area contributed by atoms with Crippen LogP contribution in [0.3, 0.4) is 0 Å². The lowest BCUT2D eigenvalue weighted by Gasteiger charge is -2.26. The minimum Gasteiger partial charge on any atom is -0.379 e. The smallest absolute Gasteiger partial charge is 0.243 e. The van der Waals surface area contributed by atoms with Crippen molar-refractivity contribution in [3.05, 3.63) is 60.2 Å². The largest absolute Gasteiger partial charge is 0.379 e. The summed E-state index contributed by atoms with van der Waals surface area (Å²) in [4.78, 5) is 16.9. The Balaban J connectivity index is 1.47.